The van der Waals surface area contributed by atoms with Crippen molar-refractivity contribution in [2.75, 3.05) is 19.7 Å². The molecule has 3 aromatic rings. The van der Waals surface area contributed by atoms with Crippen molar-refractivity contribution in [3.8, 4) is 0 Å². The molecule has 0 saturated carbocycles. The van der Waals surface area contributed by atoms with Crippen LogP contribution in [0.3, 0.4) is 0 Å². The molecular weight excluding hydrogens is 376 g/mol. The van der Waals surface area contributed by atoms with Gasteiger partial charge in [0.15, 0.2) is 0 Å². The lowest BCUT2D eigenvalue weighted by atomic mass is 9.60. The van der Waals surface area contributed by atoms with E-state index in [4.69, 9.17) is 0 Å². The zero-order chi connectivity index (χ0) is 20.6. The van der Waals surface area contributed by atoms with Crippen LogP contribution in [0, 0.1) is 0 Å². The van der Waals surface area contributed by atoms with Crippen LogP contribution in [0.4, 0.5) is 0 Å². The minimum Gasteiger partial charge on any atom is -0.395 e. The summed E-state index contributed by atoms with van der Waals surface area (Å²) in [7, 11) is 0. The molecule has 1 amide bonds. The van der Waals surface area contributed by atoms with Crippen LogP contribution in [0.1, 0.15) is 27.4 Å². The van der Waals surface area contributed by atoms with E-state index in [0.717, 1.165) is 5.56 Å². The van der Waals surface area contributed by atoms with Crippen LogP contribution in [-0.4, -0.2) is 62.1 Å². The quantitative estimate of drug-likeness (QED) is 0.712. The zero-order valence-electron chi connectivity index (χ0n) is 16.6. The number of carbonyl (C=O) groups is 1. The summed E-state index contributed by atoms with van der Waals surface area (Å²) in [4.78, 5) is 25.5. The molecule has 1 spiro atoms. The molecule has 1 aromatic carbocycles. The molecule has 2 aromatic heterocycles. The van der Waals surface area contributed by atoms with Crippen LogP contribution in [0.25, 0.3) is 0 Å². The number of hydrogen-bond donors (Lipinski definition) is 1. The number of hydrogen-bond acceptors (Lipinski definition) is 5. The van der Waals surface area contributed by atoms with Crippen molar-refractivity contribution in [3.05, 3.63) is 96.1 Å². The molecule has 0 bridgehead atoms. The van der Waals surface area contributed by atoms with Crippen LogP contribution in [-0.2, 0) is 6.54 Å². The van der Waals surface area contributed by atoms with Crippen LogP contribution >= 0.6 is 0 Å². The summed E-state index contributed by atoms with van der Waals surface area (Å²) in [5.74, 6) is 0.188. The summed E-state index contributed by atoms with van der Waals surface area (Å²) < 4.78 is 0. The van der Waals surface area contributed by atoms with Gasteiger partial charge in [0.2, 0.25) is 0 Å². The van der Waals surface area contributed by atoms with Gasteiger partial charge in [0.1, 0.15) is 0 Å². The number of aromatic nitrogens is 2. The second-order valence-electron chi connectivity index (χ2n) is 8.13. The van der Waals surface area contributed by atoms with Gasteiger partial charge in [-0.3, -0.25) is 19.7 Å². The SMILES string of the molecule is O=C(c1cccnc1)N1CC2(C1)[C@H](c1ccccc1)[C@@H](CO)N2Cc1cccnc1. The summed E-state index contributed by atoms with van der Waals surface area (Å²) in [5, 5.41) is 10.2. The maximum absolute atomic E-state index is 12.9. The van der Waals surface area contributed by atoms with Gasteiger partial charge in [-0.15, -0.1) is 0 Å². The highest BCUT2D eigenvalue weighted by atomic mass is 16.3. The number of nitrogens with zero attached hydrogens (tertiary/aromatic N) is 4. The summed E-state index contributed by atoms with van der Waals surface area (Å²) in [6.45, 7) is 2.06. The Morgan fingerprint density at radius 3 is 2.37 bits per heavy atom. The Labute approximate surface area is 175 Å². The summed E-state index contributed by atoms with van der Waals surface area (Å²) in [6, 6.07) is 17.9. The molecule has 0 radical (unpaired) electrons. The lowest BCUT2D eigenvalue weighted by molar-refractivity contribution is -0.184. The number of rotatable bonds is 5. The maximum atomic E-state index is 12.9. The predicted octanol–water partition coefficient (Wildman–Crippen LogP) is 2.33. The Bertz CT molecular complexity index is 1010. The lowest BCUT2D eigenvalue weighted by Gasteiger charge is -2.70. The molecule has 4 heterocycles. The number of benzene rings is 1. The number of amides is 1. The highest BCUT2D eigenvalue weighted by molar-refractivity contribution is 5.94. The highest BCUT2D eigenvalue weighted by Gasteiger charge is 2.66. The van der Waals surface area contributed by atoms with Crippen molar-refractivity contribution in [1.29, 1.82) is 0 Å². The van der Waals surface area contributed by atoms with Gasteiger partial charge in [-0.05, 0) is 29.3 Å². The maximum Gasteiger partial charge on any atom is 0.255 e. The molecule has 6 heteroatoms. The molecule has 2 saturated heterocycles. The van der Waals surface area contributed by atoms with E-state index in [0.29, 0.717) is 25.2 Å². The van der Waals surface area contributed by atoms with Gasteiger partial charge in [-0.1, -0.05) is 36.4 Å². The Morgan fingerprint density at radius 1 is 1.00 bits per heavy atom. The first-order valence-corrected chi connectivity index (χ1v) is 10.2. The van der Waals surface area contributed by atoms with Gasteiger partial charge in [0.05, 0.1) is 17.7 Å². The Kier molecular flexibility index (Phi) is 4.81. The van der Waals surface area contributed by atoms with Crippen LogP contribution in [0.15, 0.2) is 79.4 Å². The summed E-state index contributed by atoms with van der Waals surface area (Å²) in [6.07, 6.45) is 6.93. The number of likely N-dealkylation sites (tertiary alicyclic amines) is 2. The first-order valence-electron chi connectivity index (χ1n) is 10.2. The third-order valence-electron chi connectivity index (χ3n) is 6.48. The summed E-state index contributed by atoms with van der Waals surface area (Å²) in [5.41, 5.74) is 2.76. The normalized spacial score (nSPS) is 22.4. The van der Waals surface area contributed by atoms with Crippen LogP contribution in [0.2, 0.25) is 0 Å². The molecule has 2 aliphatic heterocycles. The minimum absolute atomic E-state index is 0.00862. The fourth-order valence-corrected chi connectivity index (χ4v) is 5.13. The van der Waals surface area contributed by atoms with E-state index in [1.807, 2.05) is 35.4 Å². The molecule has 1 N–H and O–H groups in total. The standard InChI is InChI=1S/C24H24N4O2/c29-15-21-22(19-7-2-1-3-8-19)24(28(21)14-18-6-4-10-25-12-18)16-27(17-24)23(30)20-9-5-11-26-13-20/h1-13,21-22,29H,14-17H2/t21-,22-/m1/s1. The van der Waals surface area contributed by atoms with Crippen molar-refractivity contribution in [1.82, 2.24) is 19.8 Å². The average Bonchev–Trinajstić information content (AvgIpc) is 2.77. The van der Waals surface area contributed by atoms with E-state index in [9.17, 15) is 9.90 Å². The van der Waals surface area contributed by atoms with Crippen molar-refractivity contribution in [3.63, 3.8) is 0 Å². The van der Waals surface area contributed by atoms with Gasteiger partial charge >= 0.3 is 0 Å². The molecule has 2 atom stereocenters. The Balaban J connectivity index is 1.43. The zero-order valence-corrected chi connectivity index (χ0v) is 16.6. The van der Waals surface area contributed by atoms with E-state index in [-0.39, 0.29) is 30.0 Å². The lowest BCUT2D eigenvalue weighted by Crippen LogP contribution is -2.84. The van der Waals surface area contributed by atoms with Gasteiger partial charge in [-0.25, -0.2) is 0 Å². The molecule has 5 rings (SSSR count). The van der Waals surface area contributed by atoms with E-state index < -0.39 is 0 Å². The van der Waals surface area contributed by atoms with E-state index in [1.165, 1.54) is 5.56 Å². The first-order chi connectivity index (χ1) is 14.7. The van der Waals surface area contributed by atoms with E-state index in [2.05, 4.69) is 33.1 Å². The van der Waals surface area contributed by atoms with Crippen LogP contribution < -0.4 is 0 Å². The summed E-state index contributed by atoms with van der Waals surface area (Å²) >= 11 is 0. The van der Waals surface area contributed by atoms with Gasteiger partial charge in [-0.2, -0.15) is 0 Å². The predicted molar refractivity (Wildman–Crippen MR) is 113 cm³/mol. The molecule has 30 heavy (non-hydrogen) atoms. The van der Waals surface area contributed by atoms with Crippen LogP contribution in [0.5, 0.6) is 0 Å². The number of aliphatic hydroxyl groups is 1. The third kappa shape index (κ3) is 3.00. The molecular formula is C24H24N4O2. The largest absolute Gasteiger partial charge is 0.395 e. The Hall–Kier alpha value is -3.09. The fourth-order valence-electron chi connectivity index (χ4n) is 5.13. The van der Waals surface area contributed by atoms with Crippen molar-refractivity contribution < 1.29 is 9.90 Å². The van der Waals surface area contributed by atoms with Crippen molar-refractivity contribution >= 4 is 5.91 Å². The minimum atomic E-state index is -0.178. The highest BCUT2D eigenvalue weighted by Crippen LogP contribution is 2.54. The molecule has 2 fully saturated rings. The number of pyridine rings is 2. The molecule has 2 aliphatic rings. The second kappa shape index (κ2) is 7.63. The van der Waals surface area contributed by atoms with E-state index in [1.54, 1.807) is 30.7 Å². The van der Waals surface area contributed by atoms with Gasteiger partial charge in [0, 0.05) is 56.4 Å². The number of aliphatic hydroxyl groups excluding tert-OH is 1. The molecule has 152 valence electrons. The second-order valence-corrected chi connectivity index (χ2v) is 8.13. The number of carbonyl (C=O) groups excluding carboxylic acids is 1. The fraction of sp³-hybridized carbons (Fsp3) is 0.292. The third-order valence-corrected chi connectivity index (χ3v) is 6.48. The van der Waals surface area contributed by atoms with E-state index >= 15 is 0 Å². The molecule has 0 aliphatic carbocycles. The topological polar surface area (TPSA) is 69.6 Å². The van der Waals surface area contributed by atoms with Crippen molar-refractivity contribution in [2.45, 2.75) is 24.0 Å². The van der Waals surface area contributed by atoms with Gasteiger partial charge in [0.25, 0.3) is 5.91 Å². The van der Waals surface area contributed by atoms with Crippen molar-refractivity contribution in [2.24, 2.45) is 0 Å². The monoisotopic (exact) mass is 400 g/mol. The Morgan fingerprint density at radius 2 is 1.73 bits per heavy atom. The van der Waals surface area contributed by atoms with Gasteiger partial charge < -0.3 is 10.0 Å². The average molecular weight is 400 g/mol. The molecule has 6 nitrogen and oxygen atoms in total. The molecule has 0 unspecified atom stereocenters. The first kappa shape index (κ1) is 18.9. The smallest absolute Gasteiger partial charge is 0.255 e.